The summed E-state index contributed by atoms with van der Waals surface area (Å²) >= 11 is 1.56. The molecule has 6 rings (SSSR count). The van der Waals surface area contributed by atoms with E-state index in [9.17, 15) is 18.3 Å². The van der Waals surface area contributed by atoms with Crippen molar-refractivity contribution in [3.05, 3.63) is 76.1 Å². The summed E-state index contributed by atoms with van der Waals surface area (Å²) < 4.78 is 42.1. The Morgan fingerprint density at radius 1 is 1.15 bits per heavy atom. The van der Waals surface area contributed by atoms with E-state index in [0.717, 1.165) is 55.3 Å². The Hall–Kier alpha value is -3.25. The van der Waals surface area contributed by atoms with E-state index < -0.39 is 18.0 Å². The molecule has 0 saturated carbocycles. The summed E-state index contributed by atoms with van der Waals surface area (Å²) in [5.41, 5.74) is 6.08. The van der Waals surface area contributed by atoms with Gasteiger partial charge in [-0.3, -0.25) is 4.90 Å². The third-order valence-corrected chi connectivity index (χ3v) is 8.63. The van der Waals surface area contributed by atoms with Gasteiger partial charge in [-0.05, 0) is 53.8 Å². The first kappa shape index (κ1) is 26.0. The second-order valence-electron chi connectivity index (χ2n) is 10.4. The molecule has 1 aromatic carbocycles. The summed E-state index contributed by atoms with van der Waals surface area (Å²) in [6.45, 7) is 8.11. The minimum Gasteiger partial charge on any atom is -0.373 e. The predicted octanol–water partition coefficient (Wildman–Crippen LogP) is 6.03. The number of nitrogens with zero attached hydrogens (tertiary/aromatic N) is 4. The molecule has 0 spiro atoms. The lowest BCUT2D eigenvalue weighted by atomic mass is 9.99. The molecule has 1 aliphatic rings. The molecular weight excluding hydrogens is 525 g/mol. The molecule has 5 heterocycles. The first-order valence-corrected chi connectivity index (χ1v) is 13.7. The molecule has 4 aromatic heterocycles. The van der Waals surface area contributed by atoms with E-state index in [4.69, 9.17) is 0 Å². The van der Waals surface area contributed by atoms with E-state index in [1.165, 1.54) is 17.7 Å². The molecule has 204 valence electrons. The summed E-state index contributed by atoms with van der Waals surface area (Å²) in [7, 11) is 0. The van der Waals surface area contributed by atoms with Crippen LogP contribution in [0.15, 0.2) is 48.9 Å². The number of thiophene rings is 1. The van der Waals surface area contributed by atoms with E-state index in [1.54, 1.807) is 22.2 Å². The minimum absolute atomic E-state index is 0.225. The van der Waals surface area contributed by atoms with Crippen molar-refractivity contribution in [3.63, 3.8) is 0 Å². The molecule has 3 N–H and O–H groups in total. The third-order valence-electron chi connectivity index (χ3n) is 7.43. The van der Waals surface area contributed by atoms with Crippen LogP contribution in [0.2, 0.25) is 0 Å². The highest BCUT2D eigenvalue weighted by atomic mass is 32.1. The molecule has 0 bridgehead atoms. The molecule has 39 heavy (non-hydrogen) atoms. The number of hydrogen-bond donors (Lipinski definition) is 3. The van der Waals surface area contributed by atoms with Crippen LogP contribution in [0, 0.1) is 6.92 Å². The number of nitrogens with one attached hydrogen (secondary N) is 2. The van der Waals surface area contributed by atoms with Crippen LogP contribution in [0.25, 0.3) is 27.1 Å². The molecule has 0 aliphatic carbocycles. The van der Waals surface area contributed by atoms with Gasteiger partial charge >= 0.3 is 6.18 Å². The zero-order valence-corrected chi connectivity index (χ0v) is 22.6. The van der Waals surface area contributed by atoms with Crippen molar-refractivity contribution in [3.8, 4) is 11.3 Å². The first-order chi connectivity index (χ1) is 18.6. The highest BCUT2D eigenvalue weighted by Gasteiger charge is 2.34. The van der Waals surface area contributed by atoms with Crippen molar-refractivity contribution < 1.29 is 18.3 Å². The van der Waals surface area contributed by atoms with E-state index in [0.29, 0.717) is 19.6 Å². The Labute approximate surface area is 227 Å². The molecule has 1 fully saturated rings. The maximum atomic E-state index is 13.1. The highest BCUT2D eigenvalue weighted by molar-refractivity contribution is 7.19. The lowest BCUT2D eigenvalue weighted by Gasteiger charge is -2.39. The standard InChI is InChI=1S/C28H29F3N6OS/c1-15(2)23-24(18-10-16(3)26-33-14-34-37(26)13-18)35-20-11-22(39-25(20)23)27(38)36-9-8-32-12-21(36)17-4-6-19(7-5-17)28(29,30)31/h4-7,10-11,13-15,21,27,32,35,38H,8-9,12H2,1-3H3. The van der Waals surface area contributed by atoms with Crippen LogP contribution in [0.4, 0.5) is 13.2 Å². The van der Waals surface area contributed by atoms with Gasteiger partial charge in [0.15, 0.2) is 5.65 Å². The van der Waals surface area contributed by atoms with Gasteiger partial charge in [-0.2, -0.15) is 18.3 Å². The van der Waals surface area contributed by atoms with Gasteiger partial charge < -0.3 is 15.4 Å². The molecule has 1 aliphatic heterocycles. The van der Waals surface area contributed by atoms with Gasteiger partial charge in [-0.15, -0.1) is 11.3 Å². The van der Waals surface area contributed by atoms with Crippen LogP contribution < -0.4 is 5.32 Å². The van der Waals surface area contributed by atoms with Crippen molar-refractivity contribution in [2.75, 3.05) is 19.6 Å². The van der Waals surface area contributed by atoms with Gasteiger partial charge in [0.05, 0.1) is 32.4 Å². The predicted molar refractivity (Wildman–Crippen MR) is 146 cm³/mol. The van der Waals surface area contributed by atoms with E-state index in [-0.39, 0.29) is 12.0 Å². The molecule has 2 unspecified atom stereocenters. The Bertz CT molecular complexity index is 1640. The van der Waals surface area contributed by atoms with E-state index >= 15 is 0 Å². The molecule has 0 amide bonds. The zero-order valence-electron chi connectivity index (χ0n) is 21.8. The number of halogens is 3. The Balaban J connectivity index is 1.34. The number of benzene rings is 1. The largest absolute Gasteiger partial charge is 0.416 e. The van der Waals surface area contributed by atoms with Gasteiger partial charge in [0.1, 0.15) is 12.6 Å². The molecule has 7 nitrogen and oxygen atoms in total. The number of fused-ring (bicyclic) bond motifs is 2. The summed E-state index contributed by atoms with van der Waals surface area (Å²) in [4.78, 5) is 10.7. The minimum atomic E-state index is -4.38. The van der Waals surface area contributed by atoms with Crippen molar-refractivity contribution >= 4 is 27.2 Å². The quantitative estimate of drug-likeness (QED) is 0.247. The normalized spacial score (nSPS) is 18.0. The van der Waals surface area contributed by atoms with Crippen LogP contribution >= 0.6 is 11.3 Å². The van der Waals surface area contributed by atoms with Crippen molar-refractivity contribution in [1.29, 1.82) is 0 Å². The topological polar surface area (TPSA) is 81.5 Å². The Morgan fingerprint density at radius 3 is 2.64 bits per heavy atom. The monoisotopic (exact) mass is 554 g/mol. The van der Waals surface area contributed by atoms with Gasteiger partial charge in [-0.1, -0.05) is 26.0 Å². The molecular formula is C28H29F3N6OS. The highest BCUT2D eigenvalue weighted by Crippen LogP contribution is 2.43. The number of rotatable bonds is 5. The maximum Gasteiger partial charge on any atom is 0.416 e. The van der Waals surface area contributed by atoms with E-state index in [1.807, 2.05) is 24.1 Å². The smallest absolute Gasteiger partial charge is 0.373 e. The fraction of sp³-hybridized carbons (Fsp3) is 0.357. The van der Waals surface area contributed by atoms with Crippen LogP contribution in [0.1, 0.15) is 59.2 Å². The number of aromatic nitrogens is 4. The van der Waals surface area contributed by atoms with Crippen LogP contribution in [-0.2, 0) is 6.18 Å². The number of alkyl halides is 3. The van der Waals surface area contributed by atoms with Crippen molar-refractivity contribution in [2.24, 2.45) is 0 Å². The number of aryl methyl sites for hydroxylation is 1. The number of aromatic amines is 1. The van der Waals surface area contributed by atoms with E-state index in [2.05, 4.69) is 40.3 Å². The van der Waals surface area contributed by atoms with Gasteiger partial charge in [-0.25, -0.2) is 9.50 Å². The van der Waals surface area contributed by atoms with Crippen molar-refractivity contribution in [2.45, 2.75) is 45.1 Å². The fourth-order valence-corrected chi connectivity index (χ4v) is 6.86. The molecule has 5 aromatic rings. The third kappa shape index (κ3) is 4.63. The average Bonchev–Trinajstić information content (AvgIpc) is 3.62. The van der Waals surface area contributed by atoms with Gasteiger partial charge in [0.2, 0.25) is 0 Å². The van der Waals surface area contributed by atoms with Gasteiger partial charge in [0.25, 0.3) is 0 Å². The number of aliphatic hydroxyl groups is 1. The Kier molecular flexibility index (Phi) is 6.49. The van der Waals surface area contributed by atoms with Gasteiger partial charge in [0, 0.05) is 31.4 Å². The zero-order chi connectivity index (χ0) is 27.5. The summed E-state index contributed by atoms with van der Waals surface area (Å²) in [5.74, 6) is 0.225. The molecule has 0 radical (unpaired) electrons. The summed E-state index contributed by atoms with van der Waals surface area (Å²) in [6.07, 6.45) is -1.75. The molecule has 11 heteroatoms. The average molecular weight is 555 g/mol. The summed E-state index contributed by atoms with van der Waals surface area (Å²) in [6, 6.07) is 9.08. The molecule has 1 saturated heterocycles. The fourth-order valence-electron chi connectivity index (χ4n) is 5.53. The Morgan fingerprint density at radius 2 is 1.92 bits per heavy atom. The second kappa shape index (κ2) is 9.74. The second-order valence-corrected chi connectivity index (χ2v) is 11.4. The lowest BCUT2D eigenvalue weighted by molar-refractivity contribution is -0.137. The molecule has 2 atom stereocenters. The first-order valence-electron chi connectivity index (χ1n) is 12.9. The van der Waals surface area contributed by atoms with Crippen LogP contribution in [0.5, 0.6) is 0 Å². The van der Waals surface area contributed by atoms with Crippen LogP contribution in [-0.4, -0.2) is 49.2 Å². The lowest BCUT2D eigenvalue weighted by Crippen LogP contribution is -2.47. The van der Waals surface area contributed by atoms with Crippen LogP contribution in [0.3, 0.4) is 0 Å². The SMILES string of the molecule is Cc1cc(-c2[nH]c3cc(C(O)N4CCNCC4c4ccc(C(F)(F)F)cc4)sc3c2C(C)C)cn2ncnc12. The van der Waals surface area contributed by atoms with Crippen molar-refractivity contribution in [1.82, 2.24) is 29.8 Å². The number of H-pyrrole nitrogens is 1. The number of aliphatic hydroxyl groups excluding tert-OH is 1. The number of piperazine rings is 1. The number of pyridine rings is 1. The maximum absolute atomic E-state index is 13.1. The number of hydrogen-bond acceptors (Lipinski definition) is 6. The summed E-state index contributed by atoms with van der Waals surface area (Å²) in [5, 5.41) is 19.1.